The van der Waals surface area contributed by atoms with E-state index in [1.807, 2.05) is 0 Å². The number of rotatable bonds is 5. The standard InChI is InChI=1S/C17H21FN6O.ClH/c18-13-7-6-12(20-16(25)8-11-2-1-3-14(11)19)9-15(13)24-17(10-4-5-10)21-22-23-24;/h6-7,9-11,14H,1-5,8,19H2,(H,20,25);1H/t11-,14+;/m0./s1. The molecule has 2 aliphatic carbocycles. The number of benzene rings is 1. The zero-order valence-electron chi connectivity index (χ0n) is 14.3. The molecule has 2 fully saturated rings. The normalized spacial score (nSPS) is 22.1. The van der Waals surface area contributed by atoms with Gasteiger partial charge in [-0.15, -0.1) is 17.5 Å². The molecular formula is C17H22ClFN6O. The number of nitrogens with two attached hydrogens (primary N) is 1. The maximum absolute atomic E-state index is 14.3. The topological polar surface area (TPSA) is 98.7 Å². The second-order valence-electron chi connectivity index (χ2n) is 7.00. The van der Waals surface area contributed by atoms with Crippen LogP contribution in [0, 0.1) is 11.7 Å². The third-order valence-corrected chi connectivity index (χ3v) is 5.06. The molecule has 1 aromatic heterocycles. The third-order valence-electron chi connectivity index (χ3n) is 5.06. The van der Waals surface area contributed by atoms with E-state index < -0.39 is 5.82 Å². The molecule has 26 heavy (non-hydrogen) atoms. The number of hydrogen-bond donors (Lipinski definition) is 2. The van der Waals surface area contributed by atoms with Crippen LogP contribution < -0.4 is 11.1 Å². The minimum absolute atomic E-state index is 0. The second-order valence-corrected chi connectivity index (χ2v) is 7.00. The molecule has 140 valence electrons. The van der Waals surface area contributed by atoms with Crippen LogP contribution in [0.1, 0.15) is 50.3 Å². The van der Waals surface area contributed by atoms with Crippen molar-refractivity contribution in [1.29, 1.82) is 0 Å². The lowest BCUT2D eigenvalue weighted by Gasteiger charge is -2.15. The summed E-state index contributed by atoms with van der Waals surface area (Å²) in [6, 6.07) is 4.54. The minimum Gasteiger partial charge on any atom is -0.327 e. The van der Waals surface area contributed by atoms with Gasteiger partial charge in [0.25, 0.3) is 0 Å². The molecule has 0 spiro atoms. The summed E-state index contributed by atoms with van der Waals surface area (Å²) in [7, 11) is 0. The predicted molar refractivity (Wildman–Crippen MR) is 96.9 cm³/mol. The van der Waals surface area contributed by atoms with Gasteiger partial charge in [0.1, 0.15) is 11.5 Å². The van der Waals surface area contributed by atoms with Crippen molar-refractivity contribution in [2.75, 3.05) is 5.32 Å². The van der Waals surface area contributed by atoms with E-state index in [9.17, 15) is 9.18 Å². The molecule has 2 saturated carbocycles. The SMILES string of the molecule is Cl.N[C@@H]1CCC[C@H]1CC(=O)Nc1ccc(F)c(-n2nnnc2C2CC2)c1. The van der Waals surface area contributed by atoms with Gasteiger partial charge in [0.2, 0.25) is 5.91 Å². The number of nitrogens with one attached hydrogen (secondary N) is 1. The quantitative estimate of drug-likeness (QED) is 0.830. The highest BCUT2D eigenvalue weighted by Gasteiger charge is 2.31. The average molecular weight is 381 g/mol. The lowest BCUT2D eigenvalue weighted by molar-refractivity contribution is -0.117. The summed E-state index contributed by atoms with van der Waals surface area (Å²) in [5, 5.41) is 14.4. The molecule has 1 aromatic carbocycles. The monoisotopic (exact) mass is 380 g/mol. The molecule has 1 heterocycles. The number of halogens is 2. The molecule has 4 rings (SSSR count). The highest BCUT2D eigenvalue weighted by molar-refractivity contribution is 5.91. The highest BCUT2D eigenvalue weighted by Crippen LogP contribution is 2.39. The Balaban J connectivity index is 0.00000196. The number of aromatic nitrogens is 4. The van der Waals surface area contributed by atoms with E-state index in [2.05, 4.69) is 20.8 Å². The Labute approximate surface area is 156 Å². The van der Waals surface area contributed by atoms with Gasteiger partial charge in [-0.1, -0.05) is 6.42 Å². The molecule has 0 unspecified atom stereocenters. The fourth-order valence-corrected chi connectivity index (χ4v) is 3.48. The summed E-state index contributed by atoms with van der Waals surface area (Å²) in [6.07, 6.45) is 5.45. The van der Waals surface area contributed by atoms with Crippen LogP contribution in [0.25, 0.3) is 5.69 Å². The zero-order chi connectivity index (χ0) is 17.4. The van der Waals surface area contributed by atoms with Crippen LogP contribution in [-0.2, 0) is 4.79 Å². The maximum atomic E-state index is 14.3. The van der Waals surface area contributed by atoms with Crippen molar-refractivity contribution < 1.29 is 9.18 Å². The van der Waals surface area contributed by atoms with Crippen LogP contribution in [0.5, 0.6) is 0 Å². The van der Waals surface area contributed by atoms with Gasteiger partial charge in [-0.2, -0.15) is 4.68 Å². The molecule has 0 aliphatic heterocycles. The predicted octanol–water partition coefficient (Wildman–Crippen LogP) is 2.56. The van der Waals surface area contributed by atoms with Crippen molar-refractivity contribution >= 4 is 24.0 Å². The van der Waals surface area contributed by atoms with Gasteiger partial charge in [0.05, 0.1) is 0 Å². The zero-order valence-corrected chi connectivity index (χ0v) is 15.1. The van der Waals surface area contributed by atoms with Crippen molar-refractivity contribution in [3.05, 3.63) is 29.8 Å². The first-order valence-electron chi connectivity index (χ1n) is 8.75. The van der Waals surface area contributed by atoms with E-state index in [0.29, 0.717) is 17.9 Å². The van der Waals surface area contributed by atoms with E-state index in [1.165, 1.54) is 10.7 Å². The lowest BCUT2D eigenvalue weighted by Crippen LogP contribution is -2.28. The van der Waals surface area contributed by atoms with Crippen LogP contribution >= 0.6 is 12.4 Å². The van der Waals surface area contributed by atoms with Gasteiger partial charge in [-0.3, -0.25) is 4.79 Å². The Hall–Kier alpha value is -2.06. The minimum atomic E-state index is -0.426. The Morgan fingerprint density at radius 1 is 1.31 bits per heavy atom. The van der Waals surface area contributed by atoms with E-state index in [-0.39, 0.29) is 41.9 Å². The summed E-state index contributed by atoms with van der Waals surface area (Å²) in [4.78, 5) is 12.3. The van der Waals surface area contributed by atoms with Gasteiger partial charge in [0, 0.05) is 24.1 Å². The van der Waals surface area contributed by atoms with E-state index in [4.69, 9.17) is 5.73 Å². The van der Waals surface area contributed by atoms with Gasteiger partial charge < -0.3 is 11.1 Å². The van der Waals surface area contributed by atoms with Gasteiger partial charge >= 0.3 is 0 Å². The number of carbonyl (C=O) groups is 1. The first-order valence-corrected chi connectivity index (χ1v) is 8.75. The Morgan fingerprint density at radius 3 is 2.81 bits per heavy atom. The number of tetrazole rings is 1. The largest absolute Gasteiger partial charge is 0.327 e. The fourth-order valence-electron chi connectivity index (χ4n) is 3.48. The smallest absolute Gasteiger partial charge is 0.224 e. The molecular weight excluding hydrogens is 359 g/mol. The van der Waals surface area contributed by atoms with E-state index >= 15 is 0 Å². The van der Waals surface area contributed by atoms with Crippen molar-refractivity contribution in [3.63, 3.8) is 0 Å². The molecule has 2 aliphatic rings. The molecule has 2 atom stereocenters. The molecule has 0 radical (unpaired) electrons. The molecule has 1 amide bonds. The third kappa shape index (κ3) is 3.86. The van der Waals surface area contributed by atoms with Crippen LogP contribution in [0.4, 0.5) is 10.1 Å². The van der Waals surface area contributed by atoms with Crippen LogP contribution in [0.3, 0.4) is 0 Å². The first-order chi connectivity index (χ1) is 12.1. The van der Waals surface area contributed by atoms with Gasteiger partial charge in [0.15, 0.2) is 5.82 Å². The molecule has 9 heteroatoms. The number of anilines is 1. The van der Waals surface area contributed by atoms with Crippen LogP contribution in [0.2, 0.25) is 0 Å². The number of amides is 1. The summed E-state index contributed by atoms with van der Waals surface area (Å²) in [5.74, 6) is 0.653. The van der Waals surface area contributed by atoms with Crippen molar-refractivity contribution in [3.8, 4) is 5.69 Å². The molecule has 0 bridgehead atoms. The van der Waals surface area contributed by atoms with Crippen molar-refractivity contribution in [2.45, 2.75) is 50.5 Å². The number of hydrogen-bond acceptors (Lipinski definition) is 5. The van der Waals surface area contributed by atoms with Gasteiger partial charge in [-0.25, -0.2) is 4.39 Å². The summed E-state index contributed by atoms with van der Waals surface area (Å²) in [5.41, 5.74) is 6.81. The Morgan fingerprint density at radius 2 is 2.12 bits per heavy atom. The summed E-state index contributed by atoms with van der Waals surface area (Å²) < 4.78 is 15.7. The lowest BCUT2D eigenvalue weighted by atomic mass is 10.00. The Kier molecular flexibility index (Phi) is 5.52. The molecule has 0 saturated heterocycles. The molecule has 2 aromatic rings. The number of carbonyl (C=O) groups excluding carboxylic acids is 1. The molecule has 7 nitrogen and oxygen atoms in total. The summed E-state index contributed by atoms with van der Waals surface area (Å²) >= 11 is 0. The maximum Gasteiger partial charge on any atom is 0.224 e. The van der Waals surface area contributed by atoms with Crippen LogP contribution in [0.15, 0.2) is 18.2 Å². The second kappa shape index (κ2) is 7.67. The Bertz CT molecular complexity index is 793. The van der Waals surface area contributed by atoms with Crippen LogP contribution in [-0.4, -0.2) is 32.2 Å². The number of nitrogens with zero attached hydrogens (tertiary/aromatic N) is 4. The molecule has 3 N–H and O–H groups in total. The van der Waals surface area contributed by atoms with Crippen molar-refractivity contribution in [1.82, 2.24) is 20.2 Å². The highest BCUT2D eigenvalue weighted by atomic mass is 35.5. The van der Waals surface area contributed by atoms with Gasteiger partial charge in [-0.05, 0) is 60.2 Å². The summed E-state index contributed by atoms with van der Waals surface area (Å²) in [6.45, 7) is 0. The van der Waals surface area contributed by atoms with Crippen molar-refractivity contribution in [2.24, 2.45) is 11.7 Å². The van der Waals surface area contributed by atoms with E-state index in [0.717, 1.165) is 32.1 Å². The average Bonchev–Trinajstić information content (AvgIpc) is 3.18. The fraction of sp³-hybridized carbons (Fsp3) is 0.529. The first kappa shape index (κ1) is 18.7. The van der Waals surface area contributed by atoms with E-state index in [1.54, 1.807) is 12.1 Å².